The van der Waals surface area contributed by atoms with Crippen LogP contribution in [0.4, 0.5) is 0 Å². The Kier molecular flexibility index (Phi) is 17.3. The monoisotopic (exact) mass is 582 g/mol. The lowest BCUT2D eigenvalue weighted by Crippen LogP contribution is -2.07. The van der Waals surface area contributed by atoms with Crippen molar-refractivity contribution in [3.05, 3.63) is 85.5 Å². The molecule has 0 unspecified atom stereocenters. The number of benzene rings is 2. The normalized spacial score (nSPS) is 11.7. The fourth-order valence-electron chi connectivity index (χ4n) is 7.00. The molecule has 0 saturated heterocycles. The summed E-state index contributed by atoms with van der Waals surface area (Å²) >= 11 is 0. The smallest absolute Gasteiger partial charge is 0.303 e. The minimum absolute atomic E-state index is 0.879. The lowest BCUT2D eigenvalue weighted by atomic mass is 9.81. The van der Waals surface area contributed by atoms with Crippen molar-refractivity contribution in [2.75, 3.05) is 0 Å². The molecule has 0 radical (unpaired) electrons. The van der Waals surface area contributed by atoms with Gasteiger partial charge in [0.05, 0.1) is 5.57 Å². The molecule has 0 aliphatic rings. The van der Waals surface area contributed by atoms with Crippen LogP contribution in [0.2, 0.25) is 0 Å². The maximum atomic E-state index is 9.80. The molecule has 0 saturated carbocycles. The molecule has 0 atom stereocenters. The van der Waals surface area contributed by atoms with Gasteiger partial charge in [-0.2, -0.15) is 0 Å². The van der Waals surface area contributed by atoms with Crippen molar-refractivity contribution < 1.29 is 4.79 Å². The van der Waals surface area contributed by atoms with Gasteiger partial charge in [0.2, 0.25) is 0 Å². The van der Waals surface area contributed by atoms with Crippen molar-refractivity contribution >= 4 is 11.4 Å². The zero-order valence-corrected chi connectivity index (χ0v) is 29.2. The molecule has 2 aromatic carbocycles. The first-order chi connectivity index (χ1) is 21.0. The molecule has 2 nitrogen and oxygen atoms in total. The van der Waals surface area contributed by atoms with Gasteiger partial charge in [0.25, 0.3) is 0 Å². The van der Waals surface area contributed by atoms with Crippen LogP contribution in [0.3, 0.4) is 0 Å². The Bertz CT molecular complexity index is 1210. The molecule has 0 heterocycles. The first-order valence-electron chi connectivity index (χ1n) is 18.0. The Labute approximate surface area is 265 Å². The van der Waals surface area contributed by atoms with Gasteiger partial charge in [0.1, 0.15) is 0 Å². The molecule has 2 aromatic rings. The maximum absolute atomic E-state index is 9.80. The van der Waals surface area contributed by atoms with Gasteiger partial charge in [-0.15, -0.1) is 4.79 Å². The number of hydrogen-bond donors (Lipinski definition) is 0. The third-order valence-electron chi connectivity index (χ3n) is 9.09. The molecule has 2 rings (SSSR count). The van der Waals surface area contributed by atoms with Crippen molar-refractivity contribution in [2.24, 2.45) is 0 Å². The molecule has 0 aliphatic heterocycles. The van der Waals surface area contributed by atoms with E-state index in [4.69, 9.17) is 0 Å². The molecule has 43 heavy (non-hydrogen) atoms. The number of allylic oxidation sites excluding steroid dienone is 2. The van der Waals surface area contributed by atoms with E-state index in [9.17, 15) is 5.53 Å². The molecule has 0 spiro atoms. The minimum Gasteiger partial charge on any atom is -0.348 e. The van der Waals surface area contributed by atoms with E-state index in [1.807, 2.05) is 0 Å². The van der Waals surface area contributed by atoms with Gasteiger partial charge in [-0.1, -0.05) is 131 Å². The van der Waals surface area contributed by atoms with Crippen LogP contribution in [0.1, 0.15) is 171 Å². The molecule has 0 aromatic heterocycles. The predicted molar refractivity (Wildman–Crippen MR) is 189 cm³/mol. The van der Waals surface area contributed by atoms with Gasteiger partial charge >= 0.3 is 5.87 Å². The van der Waals surface area contributed by atoms with E-state index in [2.05, 4.69) is 90.3 Å². The number of unbranched alkanes of at least 4 members (excludes halogenated alkanes) is 5. The van der Waals surface area contributed by atoms with Crippen molar-refractivity contribution in [3.63, 3.8) is 0 Å². The molecule has 2 heteroatoms. The lowest BCUT2D eigenvalue weighted by molar-refractivity contribution is 0.00739. The van der Waals surface area contributed by atoms with E-state index in [0.717, 1.165) is 76.2 Å². The summed E-state index contributed by atoms with van der Waals surface area (Å²) in [5, 5.41) is 0. The maximum Gasteiger partial charge on any atom is 0.303 e. The van der Waals surface area contributed by atoms with Crippen LogP contribution in [-0.2, 0) is 38.5 Å². The van der Waals surface area contributed by atoms with Gasteiger partial charge in [-0.05, 0) is 113 Å². The summed E-state index contributed by atoms with van der Waals surface area (Å²) < 4.78 is 0. The fourth-order valence-corrected chi connectivity index (χ4v) is 7.00. The van der Waals surface area contributed by atoms with Crippen molar-refractivity contribution in [1.29, 1.82) is 0 Å². The second kappa shape index (κ2) is 20.3. The van der Waals surface area contributed by atoms with E-state index in [-0.39, 0.29) is 0 Å². The van der Waals surface area contributed by atoms with Gasteiger partial charge in [-0.25, -0.2) is 0 Å². The quantitative estimate of drug-likeness (QED) is 0.0489. The van der Waals surface area contributed by atoms with E-state index in [1.54, 1.807) is 5.56 Å². The number of rotatable bonds is 20. The highest BCUT2D eigenvalue weighted by Gasteiger charge is 2.21. The average molecular weight is 583 g/mol. The molecule has 236 valence electrons. The lowest BCUT2D eigenvalue weighted by Gasteiger charge is -2.23. The van der Waals surface area contributed by atoms with Crippen molar-refractivity contribution in [3.8, 4) is 0 Å². The zero-order valence-electron chi connectivity index (χ0n) is 29.2. The molecule has 0 bridgehead atoms. The van der Waals surface area contributed by atoms with E-state index in [0.29, 0.717) is 0 Å². The number of nitrogens with zero attached hydrogens (tertiary/aromatic N) is 2. The van der Waals surface area contributed by atoms with Crippen LogP contribution in [0, 0.1) is 0 Å². The van der Waals surface area contributed by atoms with Gasteiger partial charge in [0.15, 0.2) is 0 Å². The van der Waals surface area contributed by atoms with Gasteiger partial charge in [-0.3, -0.25) is 0 Å². The Hall–Kier alpha value is -2.66. The summed E-state index contributed by atoms with van der Waals surface area (Å²) in [6, 6.07) is 9.98. The molecule has 0 amide bonds. The van der Waals surface area contributed by atoms with E-state index < -0.39 is 0 Å². The third kappa shape index (κ3) is 10.2. The predicted octanol–water partition coefficient (Wildman–Crippen LogP) is 12.0. The second-order valence-corrected chi connectivity index (χ2v) is 12.3. The molecule has 0 aliphatic carbocycles. The largest absolute Gasteiger partial charge is 0.348 e. The third-order valence-corrected chi connectivity index (χ3v) is 9.09. The van der Waals surface area contributed by atoms with Crippen molar-refractivity contribution in [2.45, 2.75) is 165 Å². The SMILES string of the molecule is CCCCCCCCC(=C=[N+]=[N-])C(CC)=C(c1cc(CC)c(CC)c(CC)c1)c1cc(CCC)c(CCC)c(CCC)c1. The van der Waals surface area contributed by atoms with Crippen LogP contribution < -0.4 is 0 Å². The first kappa shape index (κ1) is 36.5. The van der Waals surface area contributed by atoms with E-state index in [1.165, 1.54) is 88.6 Å². The minimum atomic E-state index is 0.879. The summed E-state index contributed by atoms with van der Waals surface area (Å²) in [6.45, 7) is 18.3. The Morgan fingerprint density at radius 3 is 1.53 bits per heavy atom. The Morgan fingerprint density at radius 2 is 1.09 bits per heavy atom. The average Bonchev–Trinajstić information content (AvgIpc) is 3.02. The Balaban J connectivity index is 2.95. The van der Waals surface area contributed by atoms with Crippen LogP contribution in [0.25, 0.3) is 11.1 Å². The van der Waals surface area contributed by atoms with Crippen LogP contribution in [-0.4, -0.2) is 10.7 Å². The topological polar surface area (TPSA) is 36.4 Å². The highest BCUT2D eigenvalue weighted by molar-refractivity contribution is 5.88. The Morgan fingerprint density at radius 1 is 0.581 bits per heavy atom. The summed E-state index contributed by atoms with van der Waals surface area (Å²) in [6.07, 6.45) is 19.2. The number of hydrogen-bond acceptors (Lipinski definition) is 0. The zero-order chi connectivity index (χ0) is 31.6. The van der Waals surface area contributed by atoms with Gasteiger partial charge in [0, 0.05) is 0 Å². The molecular formula is C41H62N2. The van der Waals surface area contributed by atoms with Crippen LogP contribution in [0.5, 0.6) is 0 Å². The second-order valence-electron chi connectivity index (χ2n) is 12.3. The van der Waals surface area contributed by atoms with E-state index >= 15 is 0 Å². The van der Waals surface area contributed by atoms with Crippen molar-refractivity contribution in [1.82, 2.24) is 0 Å². The van der Waals surface area contributed by atoms with Gasteiger partial charge < -0.3 is 5.53 Å². The van der Waals surface area contributed by atoms with Crippen LogP contribution in [0.15, 0.2) is 35.4 Å². The summed E-state index contributed by atoms with van der Waals surface area (Å²) in [4.78, 5) is 3.51. The first-order valence-corrected chi connectivity index (χ1v) is 18.0. The van der Waals surface area contributed by atoms with Crippen LogP contribution >= 0.6 is 0 Å². The highest BCUT2D eigenvalue weighted by Crippen LogP contribution is 2.38. The highest BCUT2D eigenvalue weighted by atomic mass is 14.8. The summed E-state index contributed by atoms with van der Waals surface area (Å²) in [7, 11) is 0. The molecule has 0 fully saturated rings. The summed E-state index contributed by atoms with van der Waals surface area (Å²) in [5.74, 6) is 3.09. The number of aryl methyl sites for hydroxylation is 4. The molecule has 0 N–H and O–H groups in total. The summed E-state index contributed by atoms with van der Waals surface area (Å²) in [5.41, 5.74) is 25.2. The fraction of sp³-hybridized carbons (Fsp3) is 0.610. The standard InChI is InChI=1S/C41H62N2/c1-9-17-18-19-20-21-25-35(30-43-42)39(16-8)41(36-26-31(13-5)38(15-7)32(14-6)27-36)37-28-33(22-10-2)40(24-12-4)34(29-37)23-11-3/h26-29H,9-25H2,1-8H3. The molecular weight excluding hydrogens is 520 g/mol.